The van der Waals surface area contributed by atoms with Gasteiger partial charge in [-0.15, -0.1) is 0 Å². The van der Waals surface area contributed by atoms with Crippen LogP contribution in [0, 0.1) is 10.1 Å². The number of nitro benzene ring substituents is 1. The SMILES string of the molecule is O=[N+]([O-])c1ccc2c(c1)[C@H]1C[C@@](c3ccc(O)c(O)c3)(O2)Oc2cc(O)c3c(c21)O[C@@H](c1ccc(O)c(O)c1)[C@H](O)C3. The van der Waals surface area contributed by atoms with Gasteiger partial charge < -0.3 is 44.8 Å². The average Bonchev–Trinajstić information content (AvgIpc) is 2.95. The molecule has 0 unspecified atom stereocenters. The van der Waals surface area contributed by atoms with E-state index in [9.17, 15) is 40.8 Å². The molecule has 0 aliphatic carbocycles. The summed E-state index contributed by atoms with van der Waals surface area (Å²) in [5.74, 6) is -3.26. The number of benzene rings is 4. The Bertz CT molecular complexity index is 1800. The number of rotatable bonds is 3. The third kappa shape index (κ3) is 3.72. The Labute approximate surface area is 237 Å². The molecule has 6 N–H and O–H groups in total. The predicted octanol–water partition coefficient (Wildman–Crippen LogP) is 4.32. The number of fused-ring (bicyclic) bond motifs is 8. The molecule has 4 aromatic carbocycles. The van der Waals surface area contributed by atoms with Crippen molar-refractivity contribution in [2.75, 3.05) is 0 Å². The third-order valence-corrected chi connectivity index (χ3v) is 8.06. The van der Waals surface area contributed by atoms with Crippen molar-refractivity contribution in [1.29, 1.82) is 0 Å². The number of nitro groups is 1. The lowest BCUT2D eigenvalue weighted by Gasteiger charge is -2.47. The van der Waals surface area contributed by atoms with Crippen LogP contribution in [0.4, 0.5) is 5.69 Å². The predicted molar refractivity (Wildman–Crippen MR) is 143 cm³/mol. The van der Waals surface area contributed by atoms with Gasteiger partial charge in [-0.2, -0.15) is 0 Å². The number of ether oxygens (including phenoxy) is 3. The Kier molecular flexibility index (Phi) is 5.37. The fourth-order valence-corrected chi connectivity index (χ4v) is 6.06. The summed E-state index contributed by atoms with van der Waals surface area (Å²) in [5.41, 5.74) is 1.79. The quantitative estimate of drug-likeness (QED) is 0.116. The van der Waals surface area contributed by atoms with Crippen molar-refractivity contribution in [3.05, 3.63) is 98.6 Å². The Balaban J connectivity index is 1.44. The maximum absolute atomic E-state index is 11.7. The molecule has 3 aliphatic rings. The summed E-state index contributed by atoms with van der Waals surface area (Å²) in [6.07, 6.45) is -2.08. The van der Waals surface area contributed by atoms with Crippen LogP contribution in [0.25, 0.3) is 0 Å². The number of phenols is 5. The Hall–Kier alpha value is -5.36. The van der Waals surface area contributed by atoms with Crippen LogP contribution < -0.4 is 14.2 Å². The largest absolute Gasteiger partial charge is 0.507 e. The standard InChI is InChI=1S/C30H23NO11/c32-19-4-1-13(7-22(19)35)28-24(37)10-17-21(34)11-26-27(29(17)40-28)18-12-30(42-26,14-2-5-20(33)23(36)8-14)41-25-6-3-15(31(38)39)9-16(18)25/h1-9,11,18,24,28,32-37H,10,12H2/t18-,24-,28+,30-/m1/s1. The number of non-ortho nitro benzene ring substituents is 1. The highest BCUT2D eigenvalue weighted by Gasteiger charge is 2.52. The summed E-state index contributed by atoms with van der Waals surface area (Å²) >= 11 is 0. The first-order chi connectivity index (χ1) is 20.0. The van der Waals surface area contributed by atoms with E-state index in [2.05, 4.69) is 0 Å². The number of aliphatic hydroxyl groups is 1. The van der Waals surface area contributed by atoms with Crippen molar-refractivity contribution in [3.8, 4) is 46.0 Å². The molecule has 214 valence electrons. The van der Waals surface area contributed by atoms with Gasteiger partial charge in [0.05, 0.1) is 11.0 Å². The zero-order valence-electron chi connectivity index (χ0n) is 21.6. The molecule has 2 bridgehead atoms. The van der Waals surface area contributed by atoms with Gasteiger partial charge in [0, 0.05) is 59.2 Å². The van der Waals surface area contributed by atoms with Crippen molar-refractivity contribution in [3.63, 3.8) is 0 Å². The highest BCUT2D eigenvalue weighted by atomic mass is 16.7. The van der Waals surface area contributed by atoms with Gasteiger partial charge >= 0.3 is 0 Å². The maximum atomic E-state index is 11.7. The second-order valence-corrected chi connectivity index (χ2v) is 10.6. The molecular weight excluding hydrogens is 550 g/mol. The molecule has 0 saturated heterocycles. The molecule has 4 aromatic rings. The lowest BCUT2D eigenvalue weighted by atomic mass is 9.76. The van der Waals surface area contributed by atoms with Gasteiger partial charge in [0.15, 0.2) is 23.0 Å². The third-order valence-electron chi connectivity index (χ3n) is 8.06. The van der Waals surface area contributed by atoms with E-state index in [4.69, 9.17) is 14.2 Å². The minimum Gasteiger partial charge on any atom is -0.507 e. The first kappa shape index (κ1) is 25.6. The summed E-state index contributed by atoms with van der Waals surface area (Å²) in [6.45, 7) is 0. The van der Waals surface area contributed by atoms with Gasteiger partial charge in [0.25, 0.3) is 11.5 Å². The van der Waals surface area contributed by atoms with E-state index < -0.39 is 40.3 Å². The monoisotopic (exact) mass is 573 g/mol. The van der Waals surface area contributed by atoms with Crippen molar-refractivity contribution in [2.24, 2.45) is 0 Å². The second-order valence-electron chi connectivity index (χ2n) is 10.6. The van der Waals surface area contributed by atoms with Gasteiger partial charge in [-0.3, -0.25) is 10.1 Å². The second kappa shape index (κ2) is 8.82. The number of phenolic OH excluding ortho intramolecular Hbond substituents is 5. The van der Waals surface area contributed by atoms with Crippen molar-refractivity contribution < 1.29 is 49.8 Å². The summed E-state index contributed by atoms with van der Waals surface area (Å²) in [5, 5.41) is 73.7. The Morgan fingerprint density at radius 1 is 0.810 bits per heavy atom. The Morgan fingerprint density at radius 2 is 1.52 bits per heavy atom. The molecule has 0 spiro atoms. The topological polar surface area (TPSA) is 192 Å². The van der Waals surface area contributed by atoms with E-state index >= 15 is 0 Å². The molecule has 0 saturated carbocycles. The van der Waals surface area contributed by atoms with Crippen LogP contribution in [-0.2, 0) is 12.2 Å². The molecule has 0 amide bonds. The van der Waals surface area contributed by atoms with E-state index in [1.165, 1.54) is 60.7 Å². The van der Waals surface area contributed by atoms with Crippen LogP contribution in [0.1, 0.15) is 46.3 Å². The highest BCUT2D eigenvalue weighted by molar-refractivity contribution is 5.65. The van der Waals surface area contributed by atoms with Crippen molar-refractivity contribution in [2.45, 2.75) is 36.8 Å². The Morgan fingerprint density at radius 3 is 2.24 bits per heavy atom. The number of hydrogen-bond donors (Lipinski definition) is 6. The summed E-state index contributed by atoms with van der Waals surface area (Å²) < 4.78 is 19.1. The molecule has 0 radical (unpaired) electrons. The van der Waals surface area contributed by atoms with Crippen LogP contribution in [0.5, 0.6) is 46.0 Å². The van der Waals surface area contributed by atoms with E-state index in [1.54, 1.807) is 0 Å². The van der Waals surface area contributed by atoms with E-state index in [-0.39, 0.29) is 53.0 Å². The number of aromatic hydroxyl groups is 5. The fraction of sp³-hybridized carbons (Fsp3) is 0.200. The average molecular weight is 574 g/mol. The lowest BCUT2D eigenvalue weighted by Crippen LogP contribution is -2.47. The molecule has 42 heavy (non-hydrogen) atoms. The zero-order valence-corrected chi connectivity index (χ0v) is 21.6. The van der Waals surface area contributed by atoms with Gasteiger partial charge in [0.1, 0.15) is 29.1 Å². The fourth-order valence-electron chi connectivity index (χ4n) is 6.06. The number of hydrogen-bond acceptors (Lipinski definition) is 11. The zero-order chi connectivity index (χ0) is 29.5. The molecule has 0 aromatic heterocycles. The van der Waals surface area contributed by atoms with E-state index in [0.717, 1.165) is 0 Å². The normalized spacial score (nSPS) is 23.3. The van der Waals surface area contributed by atoms with Crippen molar-refractivity contribution in [1.82, 2.24) is 0 Å². The van der Waals surface area contributed by atoms with Crippen LogP contribution in [0.15, 0.2) is 60.7 Å². The highest BCUT2D eigenvalue weighted by Crippen LogP contribution is 2.60. The van der Waals surface area contributed by atoms with Gasteiger partial charge in [0.2, 0.25) is 0 Å². The van der Waals surface area contributed by atoms with Gasteiger partial charge in [-0.05, 0) is 42.0 Å². The van der Waals surface area contributed by atoms with E-state index in [0.29, 0.717) is 27.8 Å². The number of aliphatic hydroxyl groups excluding tert-OH is 1. The van der Waals surface area contributed by atoms with Gasteiger partial charge in [-0.1, -0.05) is 6.07 Å². The molecule has 0 fully saturated rings. The van der Waals surface area contributed by atoms with Gasteiger partial charge in [-0.25, -0.2) is 0 Å². The molecule has 7 rings (SSSR count). The van der Waals surface area contributed by atoms with Crippen molar-refractivity contribution >= 4 is 5.69 Å². The lowest BCUT2D eigenvalue weighted by molar-refractivity contribution is -0.385. The van der Waals surface area contributed by atoms with Crippen LogP contribution in [0.2, 0.25) is 0 Å². The molecule has 3 aliphatic heterocycles. The van der Waals surface area contributed by atoms with Crippen LogP contribution in [0.3, 0.4) is 0 Å². The summed E-state index contributed by atoms with van der Waals surface area (Å²) in [7, 11) is 0. The van der Waals surface area contributed by atoms with Crippen LogP contribution in [-0.4, -0.2) is 41.7 Å². The minimum atomic E-state index is -1.55. The van der Waals surface area contributed by atoms with E-state index in [1.807, 2.05) is 0 Å². The number of nitrogens with zero attached hydrogens (tertiary/aromatic N) is 1. The maximum Gasteiger partial charge on any atom is 0.279 e. The molecule has 4 atom stereocenters. The first-order valence-corrected chi connectivity index (χ1v) is 13.0. The summed E-state index contributed by atoms with van der Waals surface area (Å²) in [4.78, 5) is 11.2. The first-order valence-electron chi connectivity index (χ1n) is 13.0. The summed E-state index contributed by atoms with van der Waals surface area (Å²) in [6, 6.07) is 13.7. The molecule has 3 heterocycles. The molecule has 12 nitrogen and oxygen atoms in total. The smallest absolute Gasteiger partial charge is 0.279 e. The van der Waals surface area contributed by atoms with Crippen LogP contribution >= 0.6 is 0 Å². The minimum absolute atomic E-state index is 0.0251. The molecule has 12 heteroatoms. The molecular formula is C30H23NO11.